The fourth-order valence-electron chi connectivity index (χ4n) is 3.45. The van der Waals surface area contributed by atoms with Crippen LogP contribution < -0.4 is 15.5 Å². The van der Waals surface area contributed by atoms with E-state index in [1.807, 2.05) is 6.07 Å². The molecule has 0 bridgehead atoms. The molecule has 2 aromatic carbocycles. The minimum atomic E-state index is -0.326. The summed E-state index contributed by atoms with van der Waals surface area (Å²) in [4.78, 5) is 42.8. The number of rotatable bonds is 4. The summed E-state index contributed by atoms with van der Waals surface area (Å²) in [5.74, 6) is -0.186. The molecule has 0 unspecified atom stereocenters. The van der Waals surface area contributed by atoms with Gasteiger partial charge < -0.3 is 15.5 Å². The SMILES string of the molecule is CC(=O)N1CCc2cc(C(=O)Nc3cccc(C(=O)Nc4ccc(Br)cn4)c3)ccc21. The van der Waals surface area contributed by atoms with E-state index in [-0.39, 0.29) is 17.7 Å². The van der Waals surface area contributed by atoms with Crippen molar-refractivity contribution < 1.29 is 14.4 Å². The summed E-state index contributed by atoms with van der Waals surface area (Å²) in [6, 6.07) is 15.5. The molecule has 1 aromatic heterocycles. The Balaban J connectivity index is 1.46. The number of aromatic nitrogens is 1. The molecule has 2 heterocycles. The quantitative estimate of drug-likeness (QED) is 0.585. The Bertz CT molecular complexity index is 1180. The average Bonchev–Trinajstić information content (AvgIpc) is 3.19. The number of carbonyl (C=O) groups excluding carboxylic acids is 3. The molecule has 3 aromatic rings. The predicted molar refractivity (Wildman–Crippen MR) is 122 cm³/mol. The van der Waals surface area contributed by atoms with Gasteiger partial charge in [0.15, 0.2) is 0 Å². The Morgan fingerprint density at radius 1 is 0.968 bits per heavy atom. The number of halogens is 1. The van der Waals surface area contributed by atoms with Gasteiger partial charge >= 0.3 is 0 Å². The molecule has 0 fully saturated rings. The normalized spacial score (nSPS) is 12.3. The van der Waals surface area contributed by atoms with Crippen LogP contribution >= 0.6 is 15.9 Å². The van der Waals surface area contributed by atoms with Crippen molar-refractivity contribution in [1.82, 2.24) is 4.98 Å². The molecule has 0 aliphatic carbocycles. The van der Waals surface area contributed by atoms with Gasteiger partial charge in [0.2, 0.25) is 5.91 Å². The van der Waals surface area contributed by atoms with Gasteiger partial charge in [-0.3, -0.25) is 14.4 Å². The molecule has 0 saturated heterocycles. The number of nitrogens with zero attached hydrogens (tertiary/aromatic N) is 2. The summed E-state index contributed by atoms with van der Waals surface area (Å²) in [5, 5.41) is 5.55. The van der Waals surface area contributed by atoms with Crippen LogP contribution in [0, 0.1) is 0 Å². The molecule has 1 aliphatic rings. The molecule has 31 heavy (non-hydrogen) atoms. The van der Waals surface area contributed by atoms with Crippen LogP contribution in [-0.4, -0.2) is 29.3 Å². The molecule has 0 atom stereocenters. The molecule has 0 spiro atoms. The van der Waals surface area contributed by atoms with Crippen LogP contribution in [-0.2, 0) is 11.2 Å². The third-order valence-corrected chi connectivity index (χ3v) is 5.44. The van der Waals surface area contributed by atoms with Gasteiger partial charge in [-0.25, -0.2) is 4.98 Å². The largest absolute Gasteiger partial charge is 0.322 e. The molecular weight excluding hydrogens is 460 g/mol. The van der Waals surface area contributed by atoms with Crippen molar-refractivity contribution >= 4 is 50.8 Å². The Morgan fingerprint density at radius 3 is 2.48 bits per heavy atom. The van der Waals surface area contributed by atoms with Crippen LogP contribution in [0.2, 0.25) is 0 Å². The van der Waals surface area contributed by atoms with E-state index in [9.17, 15) is 14.4 Å². The first-order valence-electron chi connectivity index (χ1n) is 9.66. The third-order valence-electron chi connectivity index (χ3n) is 4.97. The lowest BCUT2D eigenvalue weighted by molar-refractivity contribution is -0.116. The van der Waals surface area contributed by atoms with Gasteiger partial charge in [-0.2, -0.15) is 0 Å². The number of nitrogens with one attached hydrogen (secondary N) is 2. The van der Waals surface area contributed by atoms with Gasteiger partial charge in [0.25, 0.3) is 11.8 Å². The van der Waals surface area contributed by atoms with Crippen molar-refractivity contribution in [3.05, 3.63) is 82.0 Å². The zero-order valence-electron chi connectivity index (χ0n) is 16.7. The minimum Gasteiger partial charge on any atom is -0.322 e. The molecule has 3 amide bonds. The van der Waals surface area contributed by atoms with Gasteiger partial charge in [-0.15, -0.1) is 0 Å². The fraction of sp³-hybridized carbons (Fsp3) is 0.130. The molecular formula is C23H19BrN4O3. The molecule has 8 heteroatoms. The van der Waals surface area contributed by atoms with Crippen molar-refractivity contribution in [1.29, 1.82) is 0 Å². The Labute approximate surface area is 187 Å². The van der Waals surface area contributed by atoms with Crippen molar-refractivity contribution in [2.24, 2.45) is 0 Å². The maximum Gasteiger partial charge on any atom is 0.256 e. The zero-order valence-corrected chi connectivity index (χ0v) is 18.3. The second kappa shape index (κ2) is 8.69. The first-order chi connectivity index (χ1) is 14.9. The minimum absolute atomic E-state index is 0.00983. The summed E-state index contributed by atoms with van der Waals surface area (Å²) in [5.41, 5.74) is 3.22. The van der Waals surface area contributed by atoms with E-state index in [2.05, 4.69) is 31.5 Å². The van der Waals surface area contributed by atoms with Crippen LogP contribution in [0.15, 0.2) is 65.3 Å². The van der Waals surface area contributed by atoms with Gasteiger partial charge in [-0.1, -0.05) is 6.07 Å². The third kappa shape index (κ3) is 4.64. The number of anilines is 3. The van der Waals surface area contributed by atoms with E-state index in [1.54, 1.807) is 59.6 Å². The van der Waals surface area contributed by atoms with Crippen LogP contribution in [0.3, 0.4) is 0 Å². The maximum atomic E-state index is 12.7. The predicted octanol–water partition coefficient (Wildman–Crippen LogP) is 4.26. The van der Waals surface area contributed by atoms with E-state index >= 15 is 0 Å². The van der Waals surface area contributed by atoms with Gasteiger partial charge in [0.05, 0.1) is 0 Å². The fourth-order valence-corrected chi connectivity index (χ4v) is 3.68. The molecule has 1 aliphatic heterocycles. The summed E-state index contributed by atoms with van der Waals surface area (Å²) in [7, 11) is 0. The Kier molecular flexibility index (Phi) is 5.81. The van der Waals surface area contributed by atoms with Crippen molar-refractivity contribution in [2.45, 2.75) is 13.3 Å². The van der Waals surface area contributed by atoms with E-state index < -0.39 is 0 Å². The van der Waals surface area contributed by atoms with Gasteiger partial charge in [0.1, 0.15) is 5.82 Å². The number of carbonyl (C=O) groups is 3. The number of fused-ring (bicyclic) bond motifs is 1. The van der Waals surface area contributed by atoms with E-state index in [4.69, 9.17) is 0 Å². The van der Waals surface area contributed by atoms with E-state index in [1.165, 1.54) is 6.92 Å². The van der Waals surface area contributed by atoms with Gasteiger partial charge in [0, 0.05) is 46.6 Å². The molecule has 4 rings (SSSR count). The van der Waals surface area contributed by atoms with Crippen molar-refractivity contribution in [2.75, 3.05) is 22.1 Å². The topological polar surface area (TPSA) is 91.4 Å². The summed E-state index contributed by atoms with van der Waals surface area (Å²) >= 11 is 3.30. The van der Waals surface area contributed by atoms with Gasteiger partial charge in [-0.05, 0) is 76.4 Å². The van der Waals surface area contributed by atoms with Crippen molar-refractivity contribution in [3.63, 3.8) is 0 Å². The molecule has 2 N–H and O–H groups in total. The highest BCUT2D eigenvalue weighted by molar-refractivity contribution is 9.10. The molecule has 156 valence electrons. The number of pyridine rings is 1. The first kappa shape index (κ1) is 20.7. The number of benzene rings is 2. The highest BCUT2D eigenvalue weighted by Gasteiger charge is 2.23. The molecule has 7 nitrogen and oxygen atoms in total. The summed E-state index contributed by atoms with van der Waals surface area (Å²) < 4.78 is 0.816. The zero-order chi connectivity index (χ0) is 22.0. The lowest BCUT2D eigenvalue weighted by Crippen LogP contribution is -2.25. The maximum absolute atomic E-state index is 12.7. The summed E-state index contributed by atoms with van der Waals surface area (Å²) in [6.45, 7) is 2.16. The number of amides is 3. The molecule has 0 saturated carbocycles. The van der Waals surface area contributed by atoms with E-state index in [0.29, 0.717) is 29.2 Å². The first-order valence-corrected chi connectivity index (χ1v) is 10.5. The second-order valence-electron chi connectivity index (χ2n) is 7.11. The second-order valence-corrected chi connectivity index (χ2v) is 8.03. The van der Waals surface area contributed by atoms with Crippen LogP contribution in [0.1, 0.15) is 33.2 Å². The van der Waals surface area contributed by atoms with Crippen molar-refractivity contribution in [3.8, 4) is 0 Å². The smallest absolute Gasteiger partial charge is 0.256 e. The Hall–Kier alpha value is -3.52. The standard InChI is InChI=1S/C23H19BrN4O3/c1-14(29)28-10-9-15-11-17(5-7-20(15)28)22(30)26-19-4-2-3-16(12-19)23(31)27-21-8-6-18(24)13-25-21/h2-8,11-13H,9-10H2,1H3,(H,26,30)(H,25,27,31). The van der Waals surface area contributed by atoms with Crippen LogP contribution in [0.4, 0.5) is 17.2 Å². The highest BCUT2D eigenvalue weighted by atomic mass is 79.9. The summed E-state index contributed by atoms with van der Waals surface area (Å²) in [6.07, 6.45) is 2.31. The Morgan fingerprint density at radius 2 is 1.74 bits per heavy atom. The monoisotopic (exact) mass is 478 g/mol. The number of hydrogen-bond acceptors (Lipinski definition) is 4. The number of hydrogen-bond donors (Lipinski definition) is 2. The lowest BCUT2D eigenvalue weighted by atomic mass is 10.1. The van der Waals surface area contributed by atoms with E-state index in [0.717, 1.165) is 22.1 Å². The van der Waals surface area contributed by atoms with Crippen LogP contribution in [0.5, 0.6) is 0 Å². The van der Waals surface area contributed by atoms with Crippen LogP contribution in [0.25, 0.3) is 0 Å². The molecule has 0 radical (unpaired) electrons. The lowest BCUT2D eigenvalue weighted by Gasteiger charge is -2.15. The average molecular weight is 479 g/mol. The highest BCUT2D eigenvalue weighted by Crippen LogP contribution is 2.29.